The summed E-state index contributed by atoms with van der Waals surface area (Å²) in [6.45, 7) is 4.57. The summed E-state index contributed by atoms with van der Waals surface area (Å²) in [4.78, 5) is 0.286. The van der Waals surface area contributed by atoms with Gasteiger partial charge in [-0.1, -0.05) is 46.3 Å². The van der Waals surface area contributed by atoms with Gasteiger partial charge in [-0.15, -0.1) is 17.3 Å². The van der Waals surface area contributed by atoms with Crippen LogP contribution in [0.3, 0.4) is 0 Å². The van der Waals surface area contributed by atoms with Gasteiger partial charge in [0.25, 0.3) is 0 Å². The number of hydrogen-bond donors (Lipinski definition) is 0. The number of sulfonamides is 1. The molecule has 1 fully saturated rings. The average Bonchev–Trinajstić information content (AvgIpc) is 3.06. The first-order valence-corrected chi connectivity index (χ1v) is 11.3. The van der Waals surface area contributed by atoms with Crippen molar-refractivity contribution < 1.29 is 8.42 Å². The lowest BCUT2D eigenvalue weighted by atomic mass is 9.94. The van der Waals surface area contributed by atoms with Crippen LogP contribution in [0.15, 0.2) is 80.8 Å². The maximum atomic E-state index is 13.1. The third-order valence-corrected chi connectivity index (χ3v) is 7.44. The number of alkyl halides is 1. The fourth-order valence-electron chi connectivity index (χ4n) is 3.23. The molecular weight excluding hydrogens is 446 g/mol. The van der Waals surface area contributed by atoms with Gasteiger partial charge in [-0.25, -0.2) is 8.42 Å². The average molecular weight is 467 g/mol. The molecule has 0 saturated carbocycles. The Kier molecular flexibility index (Phi) is 6.29. The molecule has 2 aromatic rings. The van der Waals surface area contributed by atoms with Gasteiger partial charge < -0.3 is 0 Å². The lowest BCUT2D eigenvalue weighted by Crippen LogP contribution is -2.29. The molecule has 3 nitrogen and oxygen atoms in total. The molecule has 1 saturated heterocycles. The number of benzene rings is 2. The Hall–Kier alpha value is -1.36. The van der Waals surface area contributed by atoms with E-state index in [1.165, 1.54) is 4.31 Å². The van der Waals surface area contributed by atoms with Gasteiger partial charge in [0.15, 0.2) is 0 Å². The molecule has 6 heteroatoms. The van der Waals surface area contributed by atoms with Gasteiger partial charge in [-0.3, -0.25) is 0 Å². The highest BCUT2D eigenvalue weighted by Crippen LogP contribution is 2.40. The summed E-state index contributed by atoms with van der Waals surface area (Å²) >= 11 is 10.1. The lowest BCUT2D eigenvalue weighted by Gasteiger charge is -2.19. The molecule has 142 valence electrons. The van der Waals surface area contributed by atoms with E-state index in [0.29, 0.717) is 13.1 Å². The monoisotopic (exact) mass is 465 g/mol. The van der Waals surface area contributed by atoms with Crippen molar-refractivity contribution in [2.45, 2.75) is 24.1 Å². The van der Waals surface area contributed by atoms with E-state index in [1.54, 1.807) is 24.3 Å². The van der Waals surface area contributed by atoms with Crippen molar-refractivity contribution in [1.82, 2.24) is 4.31 Å². The van der Waals surface area contributed by atoms with Gasteiger partial charge in [0.05, 0.1) is 10.3 Å². The van der Waals surface area contributed by atoms with Gasteiger partial charge >= 0.3 is 0 Å². The van der Waals surface area contributed by atoms with Crippen LogP contribution in [-0.4, -0.2) is 25.8 Å². The van der Waals surface area contributed by atoms with Crippen molar-refractivity contribution in [1.29, 1.82) is 0 Å². The van der Waals surface area contributed by atoms with Gasteiger partial charge in [-0.05, 0) is 54.8 Å². The molecule has 0 N–H and O–H groups in total. The first-order chi connectivity index (χ1) is 12.8. The summed E-state index contributed by atoms with van der Waals surface area (Å²) < 4.78 is 28.6. The molecule has 1 heterocycles. The molecule has 1 aliphatic heterocycles. The highest BCUT2D eigenvalue weighted by molar-refractivity contribution is 9.10. The minimum absolute atomic E-state index is 0.116. The maximum Gasteiger partial charge on any atom is 0.243 e. The topological polar surface area (TPSA) is 37.4 Å². The van der Waals surface area contributed by atoms with Crippen LogP contribution in [0.4, 0.5) is 0 Å². The number of hydrogen-bond acceptors (Lipinski definition) is 2. The molecule has 0 amide bonds. The summed E-state index contributed by atoms with van der Waals surface area (Å²) in [6, 6.07) is 16.5. The second-order valence-corrected chi connectivity index (χ2v) is 10.1. The first-order valence-electron chi connectivity index (χ1n) is 8.66. The summed E-state index contributed by atoms with van der Waals surface area (Å²) in [5.41, 5.74) is 6.27. The van der Waals surface area contributed by atoms with Crippen LogP contribution in [-0.2, 0) is 10.0 Å². The van der Waals surface area contributed by atoms with Crippen molar-refractivity contribution in [2.75, 3.05) is 13.1 Å². The van der Waals surface area contributed by atoms with Crippen LogP contribution >= 0.6 is 27.5 Å². The Labute approximate surface area is 174 Å². The van der Waals surface area contributed by atoms with E-state index in [2.05, 4.69) is 21.7 Å². The third kappa shape index (κ3) is 4.56. The fraction of sp³-hybridized carbons (Fsp3) is 0.286. The van der Waals surface area contributed by atoms with Gasteiger partial charge in [0, 0.05) is 23.5 Å². The SMILES string of the molecule is CC(C)=C=C1CN(S(=O)(=O)c2ccc(Br)cc2)C[C@H]1[C@H](Cl)c1ccccc1. The van der Waals surface area contributed by atoms with Crippen LogP contribution in [0.2, 0.25) is 0 Å². The molecule has 1 aliphatic rings. The molecule has 0 radical (unpaired) electrons. The highest BCUT2D eigenvalue weighted by Gasteiger charge is 2.39. The van der Waals surface area contributed by atoms with Crippen LogP contribution < -0.4 is 0 Å². The Balaban J connectivity index is 1.96. The van der Waals surface area contributed by atoms with Gasteiger partial charge in [0.2, 0.25) is 10.0 Å². The zero-order valence-electron chi connectivity index (χ0n) is 15.2. The highest BCUT2D eigenvalue weighted by atomic mass is 79.9. The van der Waals surface area contributed by atoms with E-state index in [0.717, 1.165) is 21.2 Å². The van der Waals surface area contributed by atoms with E-state index in [4.69, 9.17) is 11.6 Å². The molecule has 0 bridgehead atoms. The van der Waals surface area contributed by atoms with Crippen LogP contribution in [0.25, 0.3) is 0 Å². The standard InChI is InChI=1S/C21H21BrClNO2S/c1-15(2)12-17-13-24(27(25,26)19-10-8-18(22)9-11-19)14-20(17)21(23)16-6-4-3-5-7-16/h3-11,20-21H,13-14H2,1-2H3/t20-,21-/m1/s1. The Bertz CT molecular complexity index is 977. The van der Waals surface area contributed by atoms with E-state index >= 15 is 0 Å². The molecule has 3 rings (SSSR count). The van der Waals surface area contributed by atoms with E-state index in [9.17, 15) is 8.42 Å². The molecule has 0 spiro atoms. The minimum Gasteiger partial charge on any atom is -0.207 e. The molecule has 2 atom stereocenters. The molecule has 0 aliphatic carbocycles. The molecular formula is C21H21BrClNO2S. The minimum atomic E-state index is -3.59. The Morgan fingerprint density at radius 1 is 1.15 bits per heavy atom. The van der Waals surface area contributed by atoms with E-state index in [-0.39, 0.29) is 16.2 Å². The van der Waals surface area contributed by atoms with Crippen molar-refractivity contribution in [3.8, 4) is 0 Å². The molecule has 2 aromatic carbocycles. The Morgan fingerprint density at radius 3 is 2.37 bits per heavy atom. The molecule has 0 aromatic heterocycles. The number of nitrogens with zero attached hydrogens (tertiary/aromatic N) is 1. The number of rotatable bonds is 4. The summed E-state index contributed by atoms with van der Waals surface area (Å²) in [5, 5.41) is -0.307. The van der Waals surface area contributed by atoms with Gasteiger partial charge in [0.1, 0.15) is 0 Å². The zero-order chi connectivity index (χ0) is 19.6. The lowest BCUT2D eigenvalue weighted by molar-refractivity contribution is 0.453. The smallest absolute Gasteiger partial charge is 0.207 e. The maximum absolute atomic E-state index is 13.1. The van der Waals surface area contributed by atoms with Crippen molar-refractivity contribution >= 4 is 37.6 Å². The second kappa shape index (κ2) is 8.34. The fourth-order valence-corrected chi connectivity index (χ4v) is 5.32. The van der Waals surface area contributed by atoms with Gasteiger partial charge in [-0.2, -0.15) is 4.31 Å². The number of halogens is 2. The van der Waals surface area contributed by atoms with E-state index < -0.39 is 10.0 Å². The van der Waals surface area contributed by atoms with Crippen LogP contribution in [0.5, 0.6) is 0 Å². The van der Waals surface area contributed by atoms with Crippen LogP contribution in [0, 0.1) is 5.92 Å². The Morgan fingerprint density at radius 2 is 1.78 bits per heavy atom. The van der Waals surface area contributed by atoms with E-state index in [1.807, 2.05) is 44.2 Å². The first kappa shape index (κ1) is 20.4. The zero-order valence-corrected chi connectivity index (χ0v) is 18.4. The predicted octanol–water partition coefficient (Wildman–Crippen LogP) is 5.54. The predicted molar refractivity (Wildman–Crippen MR) is 113 cm³/mol. The van der Waals surface area contributed by atoms with Crippen LogP contribution in [0.1, 0.15) is 24.8 Å². The van der Waals surface area contributed by atoms with Crippen molar-refractivity contribution in [3.05, 3.63) is 81.5 Å². The summed E-state index contributed by atoms with van der Waals surface area (Å²) in [5.74, 6) is -0.116. The quantitative estimate of drug-likeness (QED) is 0.438. The van der Waals surface area contributed by atoms with Crippen molar-refractivity contribution in [3.63, 3.8) is 0 Å². The third-order valence-electron chi connectivity index (χ3n) is 4.53. The second-order valence-electron chi connectivity index (χ2n) is 6.82. The summed E-state index contributed by atoms with van der Waals surface area (Å²) in [7, 11) is -3.59. The molecule has 27 heavy (non-hydrogen) atoms. The summed E-state index contributed by atoms with van der Waals surface area (Å²) in [6.07, 6.45) is 0. The molecule has 0 unspecified atom stereocenters. The van der Waals surface area contributed by atoms with Crippen molar-refractivity contribution in [2.24, 2.45) is 5.92 Å². The largest absolute Gasteiger partial charge is 0.243 e. The normalized spacial score (nSPS) is 19.0.